The number of hydrogen-bond donors (Lipinski definition) is 0. The van der Waals surface area contributed by atoms with Gasteiger partial charge in [-0.3, -0.25) is 0 Å². The smallest absolute Gasteiger partial charge is 0.243 e. The number of ether oxygens (including phenoxy) is 1. The maximum Gasteiger partial charge on any atom is 0.243 e. The molecule has 116 valence electrons. The van der Waals surface area contributed by atoms with Crippen LogP contribution in [0, 0.1) is 6.92 Å². The zero-order valence-electron chi connectivity index (χ0n) is 12.7. The van der Waals surface area contributed by atoms with Gasteiger partial charge in [0.25, 0.3) is 0 Å². The highest BCUT2D eigenvalue weighted by Gasteiger charge is 2.28. The molecule has 0 saturated carbocycles. The lowest BCUT2D eigenvalue weighted by Gasteiger charge is -2.28. The summed E-state index contributed by atoms with van der Waals surface area (Å²) in [5, 5.41) is 0. The predicted molar refractivity (Wildman–Crippen MR) is 85.5 cm³/mol. The topological polar surface area (TPSA) is 46.6 Å². The van der Waals surface area contributed by atoms with Gasteiger partial charge in [0.05, 0.1) is 12.0 Å². The van der Waals surface area contributed by atoms with E-state index in [0.29, 0.717) is 23.7 Å². The summed E-state index contributed by atoms with van der Waals surface area (Å²) < 4.78 is 32.4. The van der Waals surface area contributed by atoms with E-state index in [-0.39, 0.29) is 0 Å². The fourth-order valence-corrected chi connectivity index (χ4v) is 4.34. The van der Waals surface area contributed by atoms with Gasteiger partial charge in [-0.2, -0.15) is 4.31 Å². The summed E-state index contributed by atoms with van der Waals surface area (Å²) in [6.07, 6.45) is 0.755. The lowest BCUT2D eigenvalue weighted by Crippen LogP contribution is -2.35. The SMILES string of the molecule is COc1ccc(S(=O)(=O)N2CCc3ccccc3C2)cc1C. The van der Waals surface area contributed by atoms with Crippen LogP contribution >= 0.6 is 0 Å². The molecule has 22 heavy (non-hydrogen) atoms. The first kappa shape index (κ1) is 15.1. The second-order valence-corrected chi connectivity index (χ2v) is 7.43. The van der Waals surface area contributed by atoms with Crippen LogP contribution in [0.15, 0.2) is 47.4 Å². The molecule has 0 fully saturated rings. The van der Waals surface area contributed by atoms with Crippen LogP contribution < -0.4 is 4.74 Å². The van der Waals surface area contributed by atoms with Gasteiger partial charge in [0.15, 0.2) is 0 Å². The van der Waals surface area contributed by atoms with Crippen molar-refractivity contribution in [3.8, 4) is 5.75 Å². The number of nitrogens with zero attached hydrogens (tertiary/aromatic N) is 1. The van der Waals surface area contributed by atoms with E-state index < -0.39 is 10.0 Å². The first-order chi connectivity index (χ1) is 10.5. The Hall–Kier alpha value is -1.85. The Labute approximate surface area is 131 Å². The molecule has 0 amide bonds. The molecule has 5 heteroatoms. The Morgan fingerprint density at radius 3 is 2.50 bits per heavy atom. The summed E-state index contributed by atoms with van der Waals surface area (Å²) in [6, 6.07) is 13.0. The van der Waals surface area contributed by atoms with Crippen molar-refractivity contribution in [1.82, 2.24) is 4.31 Å². The highest BCUT2D eigenvalue weighted by molar-refractivity contribution is 7.89. The lowest BCUT2D eigenvalue weighted by molar-refractivity contribution is 0.390. The third-order valence-electron chi connectivity index (χ3n) is 4.10. The van der Waals surface area contributed by atoms with E-state index in [1.54, 1.807) is 29.6 Å². The Morgan fingerprint density at radius 2 is 1.82 bits per heavy atom. The molecule has 1 aliphatic rings. The van der Waals surface area contributed by atoms with E-state index >= 15 is 0 Å². The molecule has 0 aromatic heterocycles. The van der Waals surface area contributed by atoms with Crippen molar-refractivity contribution >= 4 is 10.0 Å². The average Bonchev–Trinajstić information content (AvgIpc) is 2.54. The van der Waals surface area contributed by atoms with Crippen molar-refractivity contribution in [2.45, 2.75) is 24.8 Å². The monoisotopic (exact) mass is 317 g/mol. The van der Waals surface area contributed by atoms with E-state index in [1.165, 1.54) is 5.56 Å². The van der Waals surface area contributed by atoms with Crippen LogP contribution in [0.25, 0.3) is 0 Å². The van der Waals surface area contributed by atoms with Gasteiger partial charge >= 0.3 is 0 Å². The summed E-state index contributed by atoms with van der Waals surface area (Å²) in [6.45, 7) is 2.80. The highest BCUT2D eigenvalue weighted by atomic mass is 32.2. The Morgan fingerprint density at radius 1 is 1.09 bits per heavy atom. The van der Waals surface area contributed by atoms with Crippen LogP contribution in [0.1, 0.15) is 16.7 Å². The fraction of sp³-hybridized carbons (Fsp3) is 0.294. The van der Waals surface area contributed by atoms with Crippen LogP contribution in [-0.2, 0) is 23.0 Å². The van der Waals surface area contributed by atoms with Crippen molar-refractivity contribution in [3.63, 3.8) is 0 Å². The summed E-state index contributed by atoms with van der Waals surface area (Å²) in [5.41, 5.74) is 3.14. The molecule has 0 radical (unpaired) electrons. The Bertz CT molecular complexity index is 799. The van der Waals surface area contributed by atoms with Gasteiger partial charge in [-0.1, -0.05) is 24.3 Å². The van der Waals surface area contributed by atoms with E-state index in [4.69, 9.17) is 4.74 Å². The number of aryl methyl sites for hydroxylation is 1. The van der Waals surface area contributed by atoms with Crippen LogP contribution in [0.4, 0.5) is 0 Å². The minimum atomic E-state index is -3.47. The van der Waals surface area contributed by atoms with Gasteiger partial charge in [0.1, 0.15) is 5.75 Å². The summed E-state index contributed by atoms with van der Waals surface area (Å²) in [5.74, 6) is 0.697. The molecule has 1 aliphatic heterocycles. The van der Waals surface area contributed by atoms with Crippen LogP contribution in [-0.4, -0.2) is 26.4 Å². The van der Waals surface area contributed by atoms with Crippen LogP contribution in [0.2, 0.25) is 0 Å². The molecule has 1 heterocycles. The van der Waals surface area contributed by atoms with Gasteiger partial charge in [0, 0.05) is 13.1 Å². The molecule has 0 bridgehead atoms. The molecule has 0 unspecified atom stereocenters. The summed E-state index contributed by atoms with van der Waals surface area (Å²) >= 11 is 0. The number of benzene rings is 2. The van der Waals surface area contributed by atoms with Crippen molar-refractivity contribution < 1.29 is 13.2 Å². The number of rotatable bonds is 3. The lowest BCUT2D eigenvalue weighted by atomic mass is 10.0. The van der Waals surface area contributed by atoms with Crippen LogP contribution in [0.5, 0.6) is 5.75 Å². The van der Waals surface area contributed by atoms with Gasteiger partial charge in [-0.15, -0.1) is 0 Å². The molecule has 3 rings (SSSR count). The summed E-state index contributed by atoms with van der Waals surface area (Å²) in [4.78, 5) is 0.324. The first-order valence-electron chi connectivity index (χ1n) is 7.24. The minimum absolute atomic E-state index is 0.324. The van der Waals surface area contributed by atoms with Gasteiger partial charge in [-0.05, 0) is 48.2 Å². The van der Waals surface area contributed by atoms with Crippen molar-refractivity contribution in [2.24, 2.45) is 0 Å². The fourth-order valence-electron chi connectivity index (χ4n) is 2.84. The standard InChI is InChI=1S/C17H19NO3S/c1-13-11-16(7-8-17(13)21-2)22(19,20)18-10-9-14-5-3-4-6-15(14)12-18/h3-8,11H,9-10,12H2,1-2H3. The van der Waals surface area contributed by atoms with E-state index in [0.717, 1.165) is 17.5 Å². The van der Waals surface area contributed by atoms with E-state index in [9.17, 15) is 8.42 Å². The van der Waals surface area contributed by atoms with E-state index in [2.05, 4.69) is 6.07 Å². The van der Waals surface area contributed by atoms with Gasteiger partial charge in [-0.25, -0.2) is 8.42 Å². The molecule has 0 saturated heterocycles. The number of methoxy groups -OCH3 is 1. The van der Waals surface area contributed by atoms with E-state index in [1.807, 2.05) is 25.1 Å². The largest absolute Gasteiger partial charge is 0.496 e. The molecule has 0 atom stereocenters. The molecular weight excluding hydrogens is 298 g/mol. The first-order valence-corrected chi connectivity index (χ1v) is 8.68. The zero-order valence-corrected chi connectivity index (χ0v) is 13.6. The zero-order chi connectivity index (χ0) is 15.7. The molecule has 2 aromatic rings. The molecule has 0 aliphatic carbocycles. The molecule has 0 spiro atoms. The highest BCUT2D eigenvalue weighted by Crippen LogP contribution is 2.27. The molecule has 2 aromatic carbocycles. The Balaban J connectivity index is 1.93. The average molecular weight is 317 g/mol. The predicted octanol–water partition coefficient (Wildman–Crippen LogP) is 2.75. The quantitative estimate of drug-likeness (QED) is 0.874. The second-order valence-electron chi connectivity index (χ2n) is 5.49. The number of hydrogen-bond acceptors (Lipinski definition) is 3. The third-order valence-corrected chi connectivity index (χ3v) is 5.94. The molecular formula is C17H19NO3S. The molecule has 0 N–H and O–H groups in total. The second kappa shape index (κ2) is 5.74. The van der Waals surface area contributed by atoms with Crippen molar-refractivity contribution in [1.29, 1.82) is 0 Å². The van der Waals surface area contributed by atoms with Crippen molar-refractivity contribution in [3.05, 3.63) is 59.2 Å². The molecule has 4 nitrogen and oxygen atoms in total. The number of sulfonamides is 1. The maximum atomic E-state index is 12.8. The minimum Gasteiger partial charge on any atom is -0.496 e. The maximum absolute atomic E-state index is 12.8. The summed E-state index contributed by atoms with van der Waals surface area (Å²) in [7, 11) is -1.89. The van der Waals surface area contributed by atoms with Gasteiger partial charge in [0.2, 0.25) is 10.0 Å². The van der Waals surface area contributed by atoms with Gasteiger partial charge < -0.3 is 4.74 Å². The number of fused-ring (bicyclic) bond motifs is 1. The Kier molecular flexibility index (Phi) is 3.93. The normalized spacial score (nSPS) is 15.4. The van der Waals surface area contributed by atoms with Crippen molar-refractivity contribution in [2.75, 3.05) is 13.7 Å². The van der Waals surface area contributed by atoms with Crippen LogP contribution in [0.3, 0.4) is 0 Å². The third kappa shape index (κ3) is 2.62.